The summed E-state index contributed by atoms with van der Waals surface area (Å²) in [6, 6.07) is 3.29. The number of primary amides is 1. The van der Waals surface area contributed by atoms with Crippen LogP contribution in [0.5, 0.6) is 5.75 Å². The molecular formula is C15H15N5O3. The maximum atomic E-state index is 11.8. The molecule has 0 bridgehead atoms. The first-order valence-electron chi connectivity index (χ1n) is 6.81. The smallest absolute Gasteiger partial charge is 0.267 e. The Morgan fingerprint density at radius 3 is 2.70 bits per heavy atom. The lowest BCUT2D eigenvalue weighted by atomic mass is 10.1. The number of phenols is 1. The third-order valence-electron chi connectivity index (χ3n) is 3.81. The van der Waals surface area contributed by atoms with Crippen LogP contribution in [0.1, 0.15) is 21.5 Å². The number of benzene rings is 1. The molecule has 0 aliphatic rings. The Morgan fingerprint density at radius 1 is 1.35 bits per heavy atom. The fraction of sp³-hybridized carbons (Fsp3) is 0.133. The summed E-state index contributed by atoms with van der Waals surface area (Å²) < 4.78 is 1.51. The van der Waals surface area contributed by atoms with Crippen molar-refractivity contribution in [2.75, 3.05) is 5.73 Å². The molecule has 0 unspecified atom stereocenters. The van der Waals surface area contributed by atoms with E-state index in [1.54, 1.807) is 19.1 Å². The van der Waals surface area contributed by atoms with Crippen molar-refractivity contribution in [2.45, 2.75) is 13.8 Å². The zero-order valence-corrected chi connectivity index (χ0v) is 12.5. The van der Waals surface area contributed by atoms with Crippen molar-refractivity contribution >= 4 is 22.9 Å². The van der Waals surface area contributed by atoms with Crippen LogP contribution in [0.25, 0.3) is 16.9 Å². The minimum atomic E-state index is -0.773. The average Bonchev–Trinajstić information content (AvgIpc) is 2.75. The van der Waals surface area contributed by atoms with Crippen LogP contribution in [-0.2, 0) is 0 Å². The highest BCUT2D eigenvalue weighted by molar-refractivity contribution is 6.09. The van der Waals surface area contributed by atoms with Gasteiger partial charge in [0.1, 0.15) is 22.6 Å². The maximum absolute atomic E-state index is 11.8. The quantitative estimate of drug-likeness (QED) is 0.551. The van der Waals surface area contributed by atoms with E-state index in [-0.39, 0.29) is 28.3 Å². The zero-order valence-electron chi connectivity index (χ0n) is 12.5. The van der Waals surface area contributed by atoms with Crippen molar-refractivity contribution in [1.29, 1.82) is 0 Å². The summed E-state index contributed by atoms with van der Waals surface area (Å²) in [6.07, 6.45) is 1.09. The largest absolute Gasteiger partial charge is 0.508 e. The molecular weight excluding hydrogens is 298 g/mol. The molecule has 8 nitrogen and oxygen atoms in total. The van der Waals surface area contributed by atoms with Crippen molar-refractivity contribution < 1.29 is 9.90 Å². The monoisotopic (exact) mass is 313 g/mol. The number of anilines is 1. The first-order valence-corrected chi connectivity index (χ1v) is 6.81. The van der Waals surface area contributed by atoms with Gasteiger partial charge in [-0.25, -0.2) is 4.98 Å². The number of amides is 1. The van der Waals surface area contributed by atoms with E-state index < -0.39 is 11.5 Å². The molecule has 3 aromatic rings. The Bertz CT molecular complexity index is 1020. The van der Waals surface area contributed by atoms with Crippen LogP contribution in [0.4, 0.5) is 5.82 Å². The lowest BCUT2D eigenvalue weighted by Gasteiger charge is -2.15. The number of carbonyl (C=O) groups excluding carboxylic acids is 1. The summed E-state index contributed by atoms with van der Waals surface area (Å²) in [5.74, 6) is -0.638. The SMILES string of the molecule is Cc1ccc(O)c(C)c1-n1c(N)c(C(N)=O)c2[nH]c(=O)cnc21. The number of nitrogen functional groups attached to an aromatic ring is 1. The van der Waals surface area contributed by atoms with Crippen molar-refractivity contribution in [2.24, 2.45) is 5.73 Å². The van der Waals surface area contributed by atoms with Gasteiger partial charge in [0.15, 0.2) is 5.65 Å². The van der Waals surface area contributed by atoms with Gasteiger partial charge in [-0.05, 0) is 25.5 Å². The van der Waals surface area contributed by atoms with Gasteiger partial charge in [-0.1, -0.05) is 6.07 Å². The molecule has 0 spiro atoms. The third kappa shape index (κ3) is 2.03. The second kappa shape index (κ2) is 4.87. The number of rotatable bonds is 2. The normalized spacial score (nSPS) is 11.0. The number of phenolic OH excluding ortho intramolecular Hbond substituents is 1. The van der Waals surface area contributed by atoms with Crippen LogP contribution in [-0.4, -0.2) is 25.5 Å². The molecule has 0 aliphatic carbocycles. The van der Waals surface area contributed by atoms with E-state index in [0.717, 1.165) is 11.8 Å². The summed E-state index contributed by atoms with van der Waals surface area (Å²) in [7, 11) is 0. The Hall–Kier alpha value is -3.29. The van der Waals surface area contributed by atoms with Gasteiger partial charge >= 0.3 is 0 Å². The van der Waals surface area contributed by atoms with Gasteiger partial charge in [0, 0.05) is 5.56 Å². The Kier molecular flexibility index (Phi) is 3.10. The number of fused-ring (bicyclic) bond motifs is 1. The standard InChI is InChI=1S/C15H15N5O3/c1-6-3-4-8(21)7(2)12(6)20-13(16)10(14(17)23)11-15(20)18-5-9(22)19-11/h3-5,21H,16H2,1-2H3,(H2,17,23)(H,19,22). The number of H-pyrrole nitrogens is 1. The van der Waals surface area contributed by atoms with Crippen molar-refractivity contribution in [3.63, 3.8) is 0 Å². The first-order chi connectivity index (χ1) is 10.8. The van der Waals surface area contributed by atoms with Gasteiger partial charge in [-0.15, -0.1) is 0 Å². The van der Waals surface area contributed by atoms with Crippen molar-refractivity contribution in [3.8, 4) is 11.4 Å². The summed E-state index contributed by atoms with van der Waals surface area (Å²) in [5.41, 5.74) is 13.4. The van der Waals surface area contributed by atoms with Gasteiger partial charge in [0.2, 0.25) is 0 Å². The van der Waals surface area contributed by atoms with Crippen LogP contribution >= 0.6 is 0 Å². The van der Waals surface area contributed by atoms with Gasteiger partial charge in [-0.2, -0.15) is 0 Å². The number of hydrogen-bond donors (Lipinski definition) is 4. The van der Waals surface area contributed by atoms with Gasteiger partial charge in [-0.3, -0.25) is 14.2 Å². The second-order valence-corrected chi connectivity index (χ2v) is 5.28. The lowest BCUT2D eigenvalue weighted by molar-refractivity contribution is 0.100. The molecule has 8 heteroatoms. The van der Waals surface area contributed by atoms with Crippen LogP contribution in [0.2, 0.25) is 0 Å². The Morgan fingerprint density at radius 2 is 2.04 bits per heavy atom. The molecule has 23 heavy (non-hydrogen) atoms. The van der Waals surface area contributed by atoms with Crippen molar-refractivity contribution in [1.82, 2.24) is 14.5 Å². The Balaban J connectivity index is 2.54. The molecule has 1 aromatic carbocycles. The summed E-state index contributed by atoms with van der Waals surface area (Å²) in [5, 5.41) is 9.98. The topological polar surface area (TPSA) is 140 Å². The fourth-order valence-corrected chi connectivity index (χ4v) is 2.74. The lowest BCUT2D eigenvalue weighted by Crippen LogP contribution is -2.15. The minimum Gasteiger partial charge on any atom is -0.508 e. The number of hydrogen-bond acceptors (Lipinski definition) is 5. The molecule has 0 saturated heterocycles. The van der Waals surface area contributed by atoms with Gasteiger partial charge in [0.25, 0.3) is 11.5 Å². The highest BCUT2D eigenvalue weighted by atomic mass is 16.3. The van der Waals surface area contributed by atoms with Gasteiger partial charge < -0.3 is 21.6 Å². The molecule has 6 N–H and O–H groups in total. The highest BCUT2D eigenvalue weighted by Crippen LogP contribution is 2.34. The molecule has 1 amide bonds. The summed E-state index contributed by atoms with van der Waals surface area (Å²) >= 11 is 0. The van der Waals surface area contributed by atoms with E-state index in [1.807, 2.05) is 6.92 Å². The summed E-state index contributed by atoms with van der Waals surface area (Å²) in [6.45, 7) is 3.56. The number of nitrogens with one attached hydrogen (secondary N) is 1. The van der Waals surface area contributed by atoms with E-state index in [2.05, 4.69) is 9.97 Å². The highest BCUT2D eigenvalue weighted by Gasteiger charge is 2.24. The zero-order chi connectivity index (χ0) is 16.9. The molecule has 118 valence electrons. The fourth-order valence-electron chi connectivity index (χ4n) is 2.74. The number of aromatic hydroxyl groups is 1. The molecule has 0 saturated carbocycles. The van der Waals surface area contributed by atoms with E-state index in [1.165, 1.54) is 4.57 Å². The number of aryl methyl sites for hydroxylation is 1. The number of nitrogens with zero attached hydrogens (tertiary/aromatic N) is 2. The molecule has 2 aromatic heterocycles. The molecule has 3 rings (SSSR count). The predicted octanol–water partition coefficient (Wildman–Crippen LogP) is 0.717. The molecule has 0 aliphatic heterocycles. The summed E-state index contributed by atoms with van der Waals surface area (Å²) in [4.78, 5) is 29.9. The van der Waals surface area contributed by atoms with Crippen LogP contribution in [0.3, 0.4) is 0 Å². The molecule has 2 heterocycles. The Labute approximate surface area is 130 Å². The average molecular weight is 313 g/mol. The molecule has 0 fully saturated rings. The van der Waals surface area contributed by atoms with E-state index in [0.29, 0.717) is 11.3 Å². The van der Waals surface area contributed by atoms with E-state index in [9.17, 15) is 14.7 Å². The minimum absolute atomic E-state index is 0.00709. The van der Waals surface area contributed by atoms with E-state index in [4.69, 9.17) is 11.5 Å². The van der Waals surface area contributed by atoms with Crippen LogP contribution in [0, 0.1) is 13.8 Å². The number of nitrogens with two attached hydrogens (primary N) is 2. The van der Waals surface area contributed by atoms with Crippen LogP contribution in [0.15, 0.2) is 23.1 Å². The third-order valence-corrected chi connectivity index (χ3v) is 3.81. The first kappa shape index (κ1) is 14.6. The maximum Gasteiger partial charge on any atom is 0.267 e. The van der Waals surface area contributed by atoms with Gasteiger partial charge in [0.05, 0.1) is 11.9 Å². The van der Waals surface area contributed by atoms with Crippen LogP contribution < -0.4 is 17.0 Å². The number of aromatic amines is 1. The molecule has 0 atom stereocenters. The molecule has 0 radical (unpaired) electrons. The van der Waals surface area contributed by atoms with Crippen molar-refractivity contribution in [3.05, 3.63) is 45.4 Å². The predicted molar refractivity (Wildman–Crippen MR) is 85.8 cm³/mol. The van der Waals surface area contributed by atoms with E-state index >= 15 is 0 Å². The second-order valence-electron chi connectivity index (χ2n) is 5.28. The number of carbonyl (C=O) groups is 1. The number of aromatic nitrogens is 3.